The molecule has 2 atom stereocenters. The van der Waals surface area contributed by atoms with Crippen LogP contribution in [0.5, 0.6) is 0 Å². The molecule has 1 aliphatic carbocycles. The number of hydrogen-bond donors (Lipinski definition) is 0. The quantitative estimate of drug-likeness (QED) is 0.821. The van der Waals surface area contributed by atoms with Gasteiger partial charge in [-0.25, -0.2) is 0 Å². The second-order valence-corrected chi connectivity index (χ2v) is 8.47. The molecule has 5 nitrogen and oxygen atoms in total. The van der Waals surface area contributed by atoms with Crippen molar-refractivity contribution in [1.29, 1.82) is 0 Å². The van der Waals surface area contributed by atoms with Crippen LogP contribution in [-0.2, 0) is 20.7 Å². The average molecular weight is 370 g/mol. The van der Waals surface area contributed by atoms with Gasteiger partial charge in [0.15, 0.2) is 0 Å². The highest BCUT2D eigenvalue weighted by atomic mass is 16.5. The topological polar surface area (TPSA) is 49.9 Å². The van der Waals surface area contributed by atoms with Crippen molar-refractivity contribution in [3.8, 4) is 0 Å². The largest absolute Gasteiger partial charge is 0.378 e. The number of ether oxygens (including phenoxy) is 1. The number of carbonyl (C=O) groups excluding carboxylic acids is 2. The fourth-order valence-electron chi connectivity index (χ4n) is 5.12. The van der Waals surface area contributed by atoms with E-state index in [9.17, 15) is 9.59 Å². The van der Waals surface area contributed by atoms with Gasteiger partial charge in [0.1, 0.15) is 0 Å². The van der Waals surface area contributed by atoms with E-state index in [1.165, 1.54) is 5.56 Å². The smallest absolute Gasteiger partial charge is 0.227 e. The lowest BCUT2D eigenvalue weighted by Gasteiger charge is -2.36. The molecule has 146 valence electrons. The van der Waals surface area contributed by atoms with Crippen LogP contribution in [0.4, 0.5) is 0 Å². The van der Waals surface area contributed by atoms with Crippen molar-refractivity contribution in [2.75, 3.05) is 39.4 Å². The van der Waals surface area contributed by atoms with Crippen LogP contribution in [0.1, 0.15) is 36.8 Å². The molecule has 1 spiro atoms. The Morgan fingerprint density at radius 1 is 1.07 bits per heavy atom. The molecule has 2 saturated heterocycles. The first-order valence-electron chi connectivity index (χ1n) is 10.3. The molecule has 3 aliphatic rings. The first-order chi connectivity index (χ1) is 13.1. The number of aryl methyl sites for hydroxylation is 1. The zero-order valence-corrected chi connectivity index (χ0v) is 16.3. The van der Waals surface area contributed by atoms with Crippen LogP contribution in [0.25, 0.3) is 0 Å². The van der Waals surface area contributed by atoms with Gasteiger partial charge in [-0.3, -0.25) is 9.59 Å². The van der Waals surface area contributed by atoms with Gasteiger partial charge in [-0.2, -0.15) is 0 Å². The zero-order valence-electron chi connectivity index (χ0n) is 16.3. The Morgan fingerprint density at radius 3 is 2.56 bits per heavy atom. The van der Waals surface area contributed by atoms with Gasteiger partial charge in [0.25, 0.3) is 0 Å². The number of likely N-dealkylation sites (tertiary alicyclic amines) is 1. The lowest BCUT2D eigenvalue weighted by Crippen LogP contribution is -2.47. The summed E-state index contributed by atoms with van der Waals surface area (Å²) in [5.41, 5.74) is 2.28. The van der Waals surface area contributed by atoms with Gasteiger partial charge in [0, 0.05) is 37.5 Å². The summed E-state index contributed by atoms with van der Waals surface area (Å²) in [6, 6.07) is 8.20. The van der Waals surface area contributed by atoms with E-state index in [4.69, 9.17) is 4.74 Å². The number of amides is 2. The van der Waals surface area contributed by atoms with E-state index < -0.39 is 0 Å². The predicted octanol–water partition coefficient (Wildman–Crippen LogP) is 2.42. The Morgan fingerprint density at radius 2 is 1.81 bits per heavy atom. The van der Waals surface area contributed by atoms with Gasteiger partial charge >= 0.3 is 0 Å². The molecular weight excluding hydrogens is 340 g/mol. The summed E-state index contributed by atoms with van der Waals surface area (Å²) in [6.07, 6.45) is 4.56. The van der Waals surface area contributed by atoms with E-state index in [0.29, 0.717) is 38.6 Å². The van der Waals surface area contributed by atoms with Gasteiger partial charge in [-0.15, -0.1) is 0 Å². The molecule has 27 heavy (non-hydrogen) atoms. The number of rotatable bonds is 3. The maximum atomic E-state index is 13.1. The Hall–Kier alpha value is -1.88. The molecule has 3 fully saturated rings. The molecular formula is C22H30N2O3. The zero-order chi connectivity index (χ0) is 18.9. The minimum Gasteiger partial charge on any atom is -0.378 e. The van der Waals surface area contributed by atoms with Crippen molar-refractivity contribution in [1.82, 2.24) is 9.80 Å². The standard InChI is InChI=1S/C22H30N2O3/c1-17-4-6-18(7-5-17)15-20(25)24-10-9-22(16-24)8-2-3-19(22)21(26)23-11-13-27-14-12-23/h4-7,19H,2-3,8-16H2,1H3/t19-,22+/m0/s1. The summed E-state index contributed by atoms with van der Waals surface area (Å²) in [7, 11) is 0. The fourth-order valence-corrected chi connectivity index (χ4v) is 5.12. The maximum Gasteiger partial charge on any atom is 0.227 e. The van der Waals surface area contributed by atoms with Gasteiger partial charge < -0.3 is 14.5 Å². The van der Waals surface area contributed by atoms with Crippen LogP contribution in [0.15, 0.2) is 24.3 Å². The van der Waals surface area contributed by atoms with E-state index in [1.807, 2.05) is 21.9 Å². The van der Waals surface area contributed by atoms with Gasteiger partial charge in [-0.1, -0.05) is 36.2 Å². The van der Waals surface area contributed by atoms with Crippen LogP contribution in [-0.4, -0.2) is 61.0 Å². The molecule has 0 aromatic heterocycles. The summed E-state index contributed by atoms with van der Waals surface area (Å²) in [5.74, 6) is 0.566. The number of carbonyl (C=O) groups is 2. The van der Waals surface area contributed by atoms with E-state index >= 15 is 0 Å². The molecule has 1 saturated carbocycles. The molecule has 0 radical (unpaired) electrons. The van der Waals surface area contributed by atoms with Crippen molar-refractivity contribution >= 4 is 11.8 Å². The molecule has 0 N–H and O–H groups in total. The van der Waals surface area contributed by atoms with Gasteiger partial charge in [-0.05, 0) is 31.7 Å². The number of morpholine rings is 1. The molecule has 5 heteroatoms. The predicted molar refractivity (Wildman–Crippen MR) is 103 cm³/mol. The third-order valence-electron chi connectivity index (χ3n) is 6.74. The van der Waals surface area contributed by atoms with Crippen molar-refractivity contribution in [2.45, 2.75) is 39.0 Å². The highest BCUT2D eigenvalue weighted by molar-refractivity contribution is 5.82. The molecule has 2 heterocycles. The molecule has 2 aliphatic heterocycles. The van der Waals surface area contributed by atoms with Crippen LogP contribution < -0.4 is 0 Å². The molecule has 0 unspecified atom stereocenters. The maximum absolute atomic E-state index is 13.1. The van der Waals surface area contributed by atoms with Crippen LogP contribution in [0, 0.1) is 18.3 Å². The number of nitrogens with zero attached hydrogens (tertiary/aromatic N) is 2. The second-order valence-electron chi connectivity index (χ2n) is 8.47. The summed E-state index contributed by atoms with van der Waals surface area (Å²) in [6.45, 7) is 6.31. The van der Waals surface area contributed by atoms with E-state index in [1.54, 1.807) is 0 Å². The summed E-state index contributed by atoms with van der Waals surface area (Å²) in [4.78, 5) is 29.9. The third-order valence-corrected chi connectivity index (χ3v) is 6.74. The fraction of sp³-hybridized carbons (Fsp3) is 0.636. The Labute approximate surface area is 161 Å². The van der Waals surface area contributed by atoms with Crippen molar-refractivity contribution < 1.29 is 14.3 Å². The molecule has 2 amide bonds. The lowest BCUT2D eigenvalue weighted by molar-refractivity contribution is -0.143. The minimum absolute atomic E-state index is 0.00166. The first kappa shape index (κ1) is 18.5. The Kier molecular flexibility index (Phi) is 5.22. The Balaban J connectivity index is 1.41. The average Bonchev–Trinajstić information content (AvgIpc) is 3.31. The Bertz CT molecular complexity index is 696. The molecule has 4 rings (SSSR count). The van der Waals surface area contributed by atoms with Crippen molar-refractivity contribution in [2.24, 2.45) is 11.3 Å². The van der Waals surface area contributed by atoms with Crippen molar-refractivity contribution in [3.05, 3.63) is 35.4 Å². The van der Waals surface area contributed by atoms with Gasteiger partial charge in [0.05, 0.1) is 19.6 Å². The second kappa shape index (κ2) is 7.63. The van der Waals surface area contributed by atoms with Crippen molar-refractivity contribution in [3.63, 3.8) is 0 Å². The lowest BCUT2D eigenvalue weighted by atomic mass is 9.76. The summed E-state index contributed by atoms with van der Waals surface area (Å²) in [5, 5.41) is 0. The highest BCUT2D eigenvalue weighted by Gasteiger charge is 2.52. The third kappa shape index (κ3) is 3.75. The molecule has 0 bridgehead atoms. The first-order valence-corrected chi connectivity index (χ1v) is 10.3. The SMILES string of the molecule is Cc1ccc(CC(=O)N2CC[C@]3(CCC[C@H]3C(=O)N3CCOCC3)C2)cc1. The minimum atomic E-state index is -0.00166. The van der Waals surface area contributed by atoms with E-state index in [0.717, 1.165) is 44.3 Å². The van der Waals surface area contributed by atoms with Gasteiger partial charge in [0.2, 0.25) is 11.8 Å². The number of benzene rings is 1. The van der Waals surface area contributed by atoms with Crippen LogP contribution in [0.3, 0.4) is 0 Å². The molecule has 1 aromatic rings. The summed E-state index contributed by atoms with van der Waals surface area (Å²) >= 11 is 0. The normalized spacial score (nSPS) is 28.1. The highest BCUT2D eigenvalue weighted by Crippen LogP contribution is 2.50. The monoisotopic (exact) mass is 370 g/mol. The van der Waals surface area contributed by atoms with Crippen LogP contribution in [0.2, 0.25) is 0 Å². The number of hydrogen-bond acceptors (Lipinski definition) is 3. The summed E-state index contributed by atoms with van der Waals surface area (Å²) < 4.78 is 5.40. The van der Waals surface area contributed by atoms with E-state index in [-0.39, 0.29) is 17.2 Å². The van der Waals surface area contributed by atoms with E-state index in [2.05, 4.69) is 19.1 Å². The van der Waals surface area contributed by atoms with Crippen LogP contribution >= 0.6 is 0 Å². The molecule has 1 aromatic carbocycles.